The third kappa shape index (κ3) is 3.79. The van der Waals surface area contributed by atoms with Crippen molar-refractivity contribution in [1.82, 2.24) is 14.9 Å². The van der Waals surface area contributed by atoms with Crippen LogP contribution in [0, 0.1) is 17.1 Å². The molecule has 5 rings (SSSR count). The SMILES string of the molecule is N#Cc1ccc(N2CCN(C3CCC(c4cc5cccc(F)c5c(=O)[nH]4)C3)CC2)nc1. The van der Waals surface area contributed by atoms with Gasteiger partial charge in [-0.05, 0) is 48.9 Å². The van der Waals surface area contributed by atoms with Gasteiger partial charge in [-0.25, -0.2) is 9.37 Å². The van der Waals surface area contributed by atoms with Crippen LogP contribution in [-0.4, -0.2) is 47.1 Å². The van der Waals surface area contributed by atoms with Crippen LogP contribution in [-0.2, 0) is 0 Å². The number of H-pyrrole nitrogens is 1. The Morgan fingerprint density at radius 1 is 1.13 bits per heavy atom. The molecule has 6 nitrogen and oxygen atoms in total. The summed E-state index contributed by atoms with van der Waals surface area (Å²) in [6.45, 7) is 3.76. The summed E-state index contributed by atoms with van der Waals surface area (Å²) in [5.41, 5.74) is 1.16. The van der Waals surface area contributed by atoms with E-state index in [1.807, 2.05) is 18.2 Å². The van der Waals surface area contributed by atoms with E-state index in [4.69, 9.17) is 5.26 Å². The van der Waals surface area contributed by atoms with E-state index in [1.54, 1.807) is 18.3 Å². The molecule has 1 saturated carbocycles. The predicted molar refractivity (Wildman–Crippen MR) is 118 cm³/mol. The maximum atomic E-state index is 14.0. The summed E-state index contributed by atoms with van der Waals surface area (Å²) in [6.07, 6.45) is 4.76. The number of aromatic amines is 1. The number of rotatable bonds is 3. The highest BCUT2D eigenvalue weighted by Crippen LogP contribution is 2.37. The summed E-state index contributed by atoms with van der Waals surface area (Å²) >= 11 is 0. The van der Waals surface area contributed by atoms with E-state index in [9.17, 15) is 9.18 Å². The largest absolute Gasteiger partial charge is 0.354 e. The van der Waals surface area contributed by atoms with Gasteiger partial charge in [0.25, 0.3) is 5.56 Å². The second-order valence-corrected chi connectivity index (χ2v) is 8.46. The molecule has 2 aliphatic rings. The average Bonchev–Trinajstić information content (AvgIpc) is 3.29. The fourth-order valence-electron chi connectivity index (χ4n) is 5.05. The Morgan fingerprint density at radius 3 is 2.71 bits per heavy atom. The molecule has 3 aromatic rings. The van der Waals surface area contributed by atoms with Crippen LogP contribution >= 0.6 is 0 Å². The third-order valence-corrected chi connectivity index (χ3v) is 6.72. The van der Waals surface area contributed by atoms with Crippen LogP contribution in [0.5, 0.6) is 0 Å². The second-order valence-electron chi connectivity index (χ2n) is 8.46. The molecule has 7 heteroatoms. The average molecular weight is 417 g/mol. The van der Waals surface area contributed by atoms with Gasteiger partial charge in [-0.2, -0.15) is 5.26 Å². The van der Waals surface area contributed by atoms with E-state index < -0.39 is 5.82 Å². The smallest absolute Gasteiger partial charge is 0.259 e. The van der Waals surface area contributed by atoms with E-state index in [1.165, 1.54) is 6.07 Å². The van der Waals surface area contributed by atoms with Gasteiger partial charge in [-0.3, -0.25) is 9.69 Å². The van der Waals surface area contributed by atoms with Crippen LogP contribution in [0.2, 0.25) is 0 Å². The maximum absolute atomic E-state index is 14.0. The minimum Gasteiger partial charge on any atom is -0.354 e. The lowest BCUT2D eigenvalue weighted by atomic mass is 10.00. The molecule has 1 aliphatic heterocycles. The number of hydrogen-bond donors (Lipinski definition) is 1. The quantitative estimate of drug-likeness (QED) is 0.707. The number of pyridine rings is 2. The molecule has 1 aromatic carbocycles. The van der Waals surface area contributed by atoms with Gasteiger partial charge < -0.3 is 9.88 Å². The molecule has 0 bridgehead atoms. The van der Waals surface area contributed by atoms with Crippen molar-refractivity contribution < 1.29 is 4.39 Å². The van der Waals surface area contributed by atoms with Gasteiger partial charge in [0, 0.05) is 50.0 Å². The van der Waals surface area contributed by atoms with Crippen molar-refractivity contribution in [3.8, 4) is 6.07 Å². The number of benzene rings is 1. The second kappa shape index (κ2) is 8.12. The third-order valence-electron chi connectivity index (χ3n) is 6.72. The van der Waals surface area contributed by atoms with Crippen molar-refractivity contribution in [2.75, 3.05) is 31.1 Å². The highest BCUT2D eigenvalue weighted by molar-refractivity contribution is 5.82. The Labute approximate surface area is 179 Å². The fraction of sp³-hybridized carbons (Fsp3) is 0.375. The van der Waals surface area contributed by atoms with Gasteiger partial charge in [0.05, 0.1) is 10.9 Å². The minimum absolute atomic E-state index is 0.147. The van der Waals surface area contributed by atoms with Crippen molar-refractivity contribution in [3.05, 3.63) is 70.0 Å². The van der Waals surface area contributed by atoms with Crippen LogP contribution < -0.4 is 10.5 Å². The number of hydrogen-bond acceptors (Lipinski definition) is 5. The summed E-state index contributed by atoms with van der Waals surface area (Å²) in [5.74, 6) is 0.747. The van der Waals surface area contributed by atoms with Gasteiger partial charge in [0.2, 0.25) is 0 Å². The number of halogens is 1. The molecule has 1 aliphatic carbocycles. The van der Waals surface area contributed by atoms with E-state index >= 15 is 0 Å². The molecule has 3 heterocycles. The van der Waals surface area contributed by atoms with Gasteiger partial charge in [-0.15, -0.1) is 0 Å². The molecule has 1 N–H and O–H groups in total. The van der Waals surface area contributed by atoms with E-state index in [2.05, 4.69) is 25.8 Å². The highest BCUT2D eigenvalue weighted by atomic mass is 19.1. The molecule has 31 heavy (non-hydrogen) atoms. The Kier molecular flexibility index (Phi) is 5.16. The maximum Gasteiger partial charge on any atom is 0.259 e. The van der Waals surface area contributed by atoms with Crippen molar-refractivity contribution >= 4 is 16.6 Å². The van der Waals surface area contributed by atoms with Crippen molar-refractivity contribution in [1.29, 1.82) is 5.26 Å². The van der Waals surface area contributed by atoms with Crippen molar-refractivity contribution in [2.45, 2.75) is 31.2 Å². The molecule has 2 fully saturated rings. The summed E-state index contributed by atoms with van der Waals surface area (Å²) in [4.78, 5) is 24.6. The Bertz CT molecular complexity index is 1190. The molecule has 0 spiro atoms. The molecule has 2 unspecified atom stereocenters. The van der Waals surface area contributed by atoms with Crippen LogP contribution in [0.15, 0.2) is 47.4 Å². The summed E-state index contributed by atoms with van der Waals surface area (Å²) in [6, 6.07) is 13.1. The number of fused-ring (bicyclic) bond motifs is 1. The summed E-state index contributed by atoms with van der Waals surface area (Å²) in [5, 5.41) is 9.75. The zero-order chi connectivity index (χ0) is 21.4. The topological polar surface area (TPSA) is 76.0 Å². The summed E-state index contributed by atoms with van der Waals surface area (Å²) in [7, 11) is 0. The van der Waals surface area contributed by atoms with E-state index in [0.29, 0.717) is 22.9 Å². The Morgan fingerprint density at radius 2 is 1.97 bits per heavy atom. The minimum atomic E-state index is -0.468. The molecule has 2 atom stereocenters. The van der Waals surface area contributed by atoms with Crippen LogP contribution in [0.4, 0.5) is 10.2 Å². The molecule has 0 radical (unpaired) electrons. The molecule has 1 saturated heterocycles. The summed E-state index contributed by atoms with van der Waals surface area (Å²) < 4.78 is 14.0. The zero-order valence-electron chi connectivity index (χ0n) is 17.2. The van der Waals surface area contributed by atoms with Crippen LogP contribution in [0.1, 0.15) is 36.4 Å². The Balaban J connectivity index is 1.24. The number of piperazine rings is 1. The first kappa shape index (κ1) is 19.7. The zero-order valence-corrected chi connectivity index (χ0v) is 17.2. The van der Waals surface area contributed by atoms with Crippen LogP contribution in [0.3, 0.4) is 0 Å². The van der Waals surface area contributed by atoms with Gasteiger partial charge in [-0.1, -0.05) is 12.1 Å². The fourth-order valence-corrected chi connectivity index (χ4v) is 5.05. The van der Waals surface area contributed by atoms with Crippen LogP contribution in [0.25, 0.3) is 10.8 Å². The van der Waals surface area contributed by atoms with E-state index in [-0.39, 0.29) is 10.9 Å². The normalized spacial score (nSPS) is 22.0. The Hall–Kier alpha value is -3.24. The lowest BCUT2D eigenvalue weighted by molar-refractivity contribution is 0.186. The highest BCUT2D eigenvalue weighted by Gasteiger charge is 2.32. The molecule has 2 aromatic heterocycles. The van der Waals surface area contributed by atoms with Crippen molar-refractivity contribution in [3.63, 3.8) is 0 Å². The molecule has 158 valence electrons. The molecular formula is C24H24FN5O. The van der Waals surface area contributed by atoms with Gasteiger partial charge in [0.1, 0.15) is 17.7 Å². The number of nitrogens with zero attached hydrogens (tertiary/aromatic N) is 4. The van der Waals surface area contributed by atoms with Gasteiger partial charge >= 0.3 is 0 Å². The first-order chi connectivity index (χ1) is 15.1. The van der Waals surface area contributed by atoms with E-state index in [0.717, 1.165) is 57.0 Å². The number of aromatic nitrogens is 2. The molecule has 0 amide bonds. The number of nitriles is 1. The first-order valence-electron chi connectivity index (χ1n) is 10.8. The molecular weight excluding hydrogens is 393 g/mol. The predicted octanol–water partition coefficient (Wildman–Crippen LogP) is 3.39. The van der Waals surface area contributed by atoms with Gasteiger partial charge in [0.15, 0.2) is 0 Å². The lowest BCUT2D eigenvalue weighted by Gasteiger charge is -2.38. The first-order valence-corrected chi connectivity index (χ1v) is 10.8. The monoisotopic (exact) mass is 417 g/mol. The number of nitrogens with one attached hydrogen (secondary N) is 1. The van der Waals surface area contributed by atoms with Crippen molar-refractivity contribution in [2.24, 2.45) is 0 Å². The standard InChI is InChI=1S/C24H24FN5O/c25-20-3-1-2-18-13-21(28-24(31)23(18)20)17-5-6-19(12-17)29-8-10-30(11-9-29)22-7-4-16(14-26)15-27-22/h1-4,7,13,15,17,19H,5-6,8-12H2,(H,28,31). The number of anilines is 1. The lowest BCUT2D eigenvalue weighted by Crippen LogP contribution is -2.50.